The minimum absolute atomic E-state index is 0.288. The highest BCUT2D eigenvalue weighted by Gasteiger charge is 2.22. The molecule has 1 aromatic heterocycles. The normalized spacial score (nSPS) is 12.1. The summed E-state index contributed by atoms with van der Waals surface area (Å²) in [5, 5.41) is 5.25. The van der Waals surface area contributed by atoms with Crippen LogP contribution in [0.3, 0.4) is 0 Å². The summed E-state index contributed by atoms with van der Waals surface area (Å²) in [6.45, 7) is 0.638. The van der Waals surface area contributed by atoms with Crippen LogP contribution >= 0.6 is 27.3 Å². The fourth-order valence-electron chi connectivity index (χ4n) is 1.76. The Kier molecular flexibility index (Phi) is 5.13. The zero-order valence-corrected chi connectivity index (χ0v) is 12.8. The van der Waals surface area contributed by atoms with Gasteiger partial charge in [-0.15, -0.1) is 11.3 Å². The van der Waals surface area contributed by atoms with E-state index in [0.29, 0.717) is 6.54 Å². The minimum atomic E-state index is -0.470. The van der Waals surface area contributed by atoms with Gasteiger partial charge in [-0.1, -0.05) is 40.2 Å². The Balaban J connectivity index is 2.17. The van der Waals surface area contributed by atoms with Crippen LogP contribution in [0.25, 0.3) is 0 Å². The maximum absolute atomic E-state index is 11.9. The molecule has 100 valence electrons. The van der Waals surface area contributed by atoms with Crippen molar-refractivity contribution in [2.75, 3.05) is 7.11 Å². The molecule has 2 rings (SSSR count). The first-order valence-electron chi connectivity index (χ1n) is 5.80. The Labute approximate surface area is 124 Å². The maximum atomic E-state index is 11.9. The van der Waals surface area contributed by atoms with Crippen LogP contribution in [-0.4, -0.2) is 13.1 Å². The first-order chi connectivity index (χ1) is 9.22. The van der Waals surface area contributed by atoms with Crippen molar-refractivity contribution in [1.29, 1.82) is 0 Å². The van der Waals surface area contributed by atoms with E-state index in [4.69, 9.17) is 4.74 Å². The summed E-state index contributed by atoms with van der Waals surface area (Å²) < 4.78 is 5.77. The van der Waals surface area contributed by atoms with Gasteiger partial charge in [0.1, 0.15) is 6.04 Å². The molecule has 0 radical (unpaired) electrons. The number of halogens is 1. The summed E-state index contributed by atoms with van der Waals surface area (Å²) in [7, 11) is 1.40. The van der Waals surface area contributed by atoms with Crippen molar-refractivity contribution < 1.29 is 9.53 Å². The van der Waals surface area contributed by atoms with E-state index in [-0.39, 0.29) is 5.97 Å². The van der Waals surface area contributed by atoms with Crippen molar-refractivity contribution in [3.05, 3.63) is 56.7 Å². The molecule has 1 atom stereocenters. The number of rotatable bonds is 5. The van der Waals surface area contributed by atoms with E-state index >= 15 is 0 Å². The molecule has 0 saturated carbocycles. The number of hydrogen-bond donors (Lipinski definition) is 1. The molecule has 0 aliphatic carbocycles. The molecule has 3 nitrogen and oxygen atoms in total. The Bertz CT molecular complexity index is 542. The SMILES string of the molecule is COC(=O)C(NCc1cccs1)c1ccccc1Br. The Morgan fingerprint density at radius 3 is 2.79 bits per heavy atom. The molecule has 0 saturated heterocycles. The lowest BCUT2D eigenvalue weighted by atomic mass is 10.1. The summed E-state index contributed by atoms with van der Waals surface area (Å²) in [5.41, 5.74) is 0.880. The predicted octanol–water partition coefficient (Wildman–Crippen LogP) is 3.51. The van der Waals surface area contributed by atoms with E-state index in [1.165, 1.54) is 12.0 Å². The van der Waals surface area contributed by atoms with Gasteiger partial charge in [-0.3, -0.25) is 5.32 Å². The van der Waals surface area contributed by atoms with E-state index in [9.17, 15) is 4.79 Å². The topological polar surface area (TPSA) is 38.3 Å². The van der Waals surface area contributed by atoms with Gasteiger partial charge in [0.05, 0.1) is 7.11 Å². The molecule has 5 heteroatoms. The number of hydrogen-bond acceptors (Lipinski definition) is 4. The monoisotopic (exact) mass is 339 g/mol. The van der Waals surface area contributed by atoms with Gasteiger partial charge in [0.25, 0.3) is 0 Å². The molecule has 1 N–H and O–H groups in total. The van der Waals surface area contributed by atoms with Gasteiger partial charge in [0, 0.05) is 15.9 Å². The predicted molar refractivity (Wildman–Crippen MR) is 80.1 cm³/mol. The third kappa shape index (κ3) is 3.65. The van der Waals surface area contributed by atoms with E-state index < -0.39 is 6.04 Å². The highest BCUT2D eigenvalue weighted by molar-refractivity contribution is 9.10. The molecule has 2 aromatic rings. The standard InChI is InChI=1S/C14H14BrNO2S/c1-18-14(17)13(11-6-2-3-7-12(11)15)16-9-10-5-4-8-19-10/h2-8,13,16H,9H2,1H3. The lowest BCUT2D eigenvalue weighted by Gasteiger charge is -2.17. The van der Waals surface area contributed by atoms with Crippen molar-refractivity contribution in [3.8, 4) is 0 Å². The second-order valence-electron chi connectivity index (χ2n) is 3.94. The summed E-state index contributed by atoms with van der Waals surface area (Å²) >= 11 is 5.13. The number of ether oxygens (including phenoxy) is 1. The molecule has 0 amide bonds. The second-order valence-corrected chi connectivity index (χ2v) is 5.82. The van der Waals surface area contributed by atoms with Gasteiger partial charge in [0.2, 0.25) is 0 Å². The Morgan fingerprint density at radius 2 is 2.16 bits per heavy atom. The molecule has 1 heterocycles. The summed E-state index contributed by atoms with van der Waals surface area (Å²) in [5.74, 6) is -0.288. The van der Waals surface area contributed by atoms with E-state index in [2.05, 4.69) is 21.2 Å². The first-order valence-corrected chi connectivity index (χ1v) is 7.47. The third-order valence-electron chi connectivity index (χ3n) is 2.71. The van der Waals surface area contributed by atoms with Crippen LogP contribution in [0.2, 0.25) is 0 Å². The number of thiophene rings is 1. The van der Waals surface area contributed by atoms with Crippen LogP contribution in [0, 0.1) is 0 Å². The van der Waals surface area contributed by atoms with Gasteiger partial charge in [-0.05, 0) is 23.1 Å². The van der Waals surface area contributed by atoms with Crippen molar-refractivity contribution in [2.24, 2.45) is 0 Å². The second kappa shape index (κ2) is 6.84. The summed E-state index contributed by atoms with van der Waals surface area (Å²) in [4.78, 5) is 13.1. The Morgan fingerprint density at radius 1 is 1.37 bits per heavy atom. The molecule has 1 unspecified atom stereocenters. The quantitative estimate of drug-likeness (QED) is 0.847. The summed E-state index contributed by atoms with van der Waals surface area (Å²) in [6.07, 6.45) is 0. The zero-order chi connectivity index (χ0) is 13.7. The zero-order valence-electron chi connectivity index (χ0n) is 10.4. The number of methoxy groups -OCH3 is 1. The molecular weight excluding hydrogens is 326 g/mol. The van der Waals surface area contributed by atoms with Crippen LogP contribution in [0.1, 0.15) is 16.5 Å². The third-order valence-corrected chi connectivity index (χ3v) is 4.31. The smallest absolute Gasteiger partial charge is 0.327 e. The van der Waals surface area contributed by atoms with Crippen LogP contribution in [-0.2, 0) is 16.1 Å². The maximum Gasteiger partial charge on any atom is 0.327 e. The van der Waals surface area contributed by atoms with Gasteiger partial charge < -0.3 is 4.74 Å². The molecule has 19 heavy (non-hydrogen) atoms. The number of nitrogens with one attached hydrogen (secondary N) is 1. The number of benzene rings is 1. The molecule has 0 spiro atoms. The molecule has 0 fully saturated rings. The molecular formula is C14H14BrNO2S. The van der Waals surface area contributed by atoms with Crippen LogP contribution in [0.4, 0.5) is 0 Å². The minimum Gasteiger partial charge on any atom is -0.468 e. The van der Waals surface area contributed by atoms with Gasteiger partial charge in [-0.25, -0.2) is 4.79 Å². The Hall–Kier alpha value is -1.17. The largest absolute Gasteiger partial charge is 0.468 e. The lowest BCUT2D eigenvalue weighted by molar-refractivity contribution is -0.143. The number of esters is 1. The summed E-state index contributed by atoms with van der Waals surface area (Å²) in [6, 6.07) is 11.2. The van der Waals surface area contributed by atoms with Crippen LogP contribution in [0.5, 0.6) is 0 Å². The molecule has 0 aliphatic rings. The van der Waals surface area contributed by atoms with E-state index in [0.717, 1.165) is 10.0 Å². The molecule has 0 bridgehead atoms. The van der Waals surface area contributed by atoms with Crippen molar-refractivity contribution >= 4 is 33.2 Å². The fourth-order valence-corrected chi connectivity index (χ4v) is 2.93. The number of carbonyl (C=O) groups excluding carboxylic acids is 1. The average Bonchev–Trinajstić information content (AvgIpc) is 2.93. The van der Waals surface area contributed by atoms with Crippen LogP contribution < -0.4 is 5.32 Å². The molecule has 1 aromatic carbocycles. The highest BCUT2D eigenvalue weighted by Crippen LogP contribution is 2.24. The highest BCUT2D eigenvalue weighted by atomic mass is 79.9. The number of carbonyl (C=O) groups is 1. The van der Waals surface area contributed by atoms with E-state index in [1.54, 1.807) is 11.3 Å². The van der Waals surface area contributed by atoms with Crippen molar-refractivity contribution in [2.45, 2.75) is 12.6 Å². The van der Waals surface area contributed by atoms with Gasteiger partial charge in [-0.2, -0.15) is 0 Å². The molecule has 0 aliphatic heterocycles. The first kappa shape index (κ1) is 14.2. The van der Waals surface area contributed by atoms with Crippen LogP contribution in [0.15, 0.2) is 46.3 Å². The van der Waals surface area contributed by atoms with Crippen molar-refractivity contribution in [1.82, 2.24) is 5.32 Å². The fraction of sp³-hybridized carbons (Fsp3) is 0.214. The van der Waals surface area contributed by atoms with E-state index in [1.807, 2.05) is 41.8 Å². The van der Waals surface area contributed by atoms with Crippen molar-refractivity contribution in [3.63, 3.8) is 0 Å². The average molecular weight is 340 g/mol. The lowest BCUT2D eigenvalue weighted by Crippen LogP contribution is -2.29. The van der Waals surface area contributed by atoms with Gasteiger partial charge in [0.15, 0.2) is 0 Å². The van der Waals surface area contributed by atoms with Gasteiger partial charge >= 0.3 is 5.97 Å².